The molecule has 2 aromatic carbocycles. The number of hydrogen-bond acceptors (Lipinski definition) is 4. The van der Waals surface area contributed by atoms with Crippen molar-refractivity contribution in [3.8, 4) is 0 Å². The standard InChI is InChI=1S/C21H22N4O3/c1-15-23-18-5-2-3-6-19(18)24(15)12-4-14-28-20(26)16-7-9-17(10-8-16)25-13-11-22-21(25)27/h2-3,5-10H,4,11-14H2,1H3,(H,22,27). The molecule has 0 bridgehead atoms. The molecular weight excluding hydrogens is 356 g/mol. The molecule has 1 saturated heterocycles. The molecule has 0 saturated carbocycles. The van der Waals surface area contributed by atoms with Crippen molar-refractivity contribution in [2.75, 3.05) is 24.6 Å². The second-order valence-electron chi connectivity index (χ2n) is 6.72. The van der Waals surface area contributed by atoms with Gasteiger partial charge >= 0.3 is 12.0 Å². The Morgan fingerprint density at radius 3 is 2.71 bits per heavy atom. The number of nitrogens with one attached hydrogen (secondary N) is 1. The van der Waals surface area contributed by atoms with Crippen LogP contribution in [0.3, 0.4) is 0 Å². The number of esters is 1. The van der Waals surface area contributed by atoms with Gasteiger partial charge in [0, 0.05) is 25.3 Å². The SMILES string of the molecule is Cc1nc2ccccc2n1CCCOC(=O)c1ccc(N2CCNC2=O)cc1. The summed E-state index contributed by atoms with van der Waals surface area (Å²) >= 11 is 0. The van der Waals surface area contributed by atoms with E-state index in [1.807, 2.05) is 31.2 Å². The minimum atomic E-state index is -0.357. The highest BCUT2D eigenvalue weighted by atomic mass is 16.5. The molecule has 1 aliphatic heterocycles. The average molecular weight is 378 g/mol. The number of imidazole rings is 1. The second kappa shape index (κ2) is 7.72. The maximum Gasteiger partial charge on any atom is 0.338 e. The van der Waals surface area contributed by atoms with Crippen LogP contribution in [-0.4, -0.2) is 41.2 Å². The summed E-state index contributed by atoms with van der Waals surface area (Å²) in [6.07, 6.45) is 0.707. The fourth-order valence-electron chi connectivity index (χ4n) is 3.44. The number of urea groups is 1. The molecule has 0 atom stereocenters. The van der Waals surface area contributed by atoms with Crippen LogP contribution in [0, 0.1) is 6.92 Å². The molecule has 1 aromatic heterocycles. The van der Waals surface area contributed by atoms with Gasteiger partial charge in [-0.25, -0.2) is 14.6 Å². The van der Waals surface area contributed by atoms with E-state index >= 15 is 0 Å². The Bertz CT molecular complexity index is 1010. The first-order valence-corrected chi connectivity index (χ1v) is 9.38. The molecule has 2 heterocycles. The fraction of sp³-hybridized carbons (Fsp3) is 0.286. The topological polar surface area (TPSA) is 76.5 Å². The summed E-state index contributed by atoms with van der Waals surface area (Å²) in [5.74, 6) is 0.596. The van der Waals surface area contributed by atoms with Crippen molar-refractivity contribution in [3.63, 3.8) is 0 Å². The van der Waals surface area contributed by atoms with Crippen LogP contribution in [0.2, 0.25) is 0 Å². The molecule has 3 aromatic rings. The number of ether oxygens (including phenoxy) is 1. The van der Waals surface area contributed by atoms with Crippen LogP contribution < -0.4 is 10.2 Å². The van der Waals surface area contributed by atoms with E-state index in [2.05, 4.69) is 14.9 Å². The van der Waals surface area contributed by atoms with Crippen LogP contribution in [0.25, 0.3) is 11.0 Å². The van der Waals surface area contributed by atoms with Crippen molar-refractivity contribution in [2.45, 2.75) is 19.9 Å². The van der Waals surface area contributed by atoms with Gasteiger partial charge in [0.05, 0.1) is 23.2 Å². The summed E-state index contributed by atoms with van der Waals surface area (Å²) in [5.41, 5.74) is 3.32. The van der Waals surface area contributed by atoms with Gasteiger partial charge in [-0.05, 0) is 49.7 Å². The maximum absolute atomic E-state index is 12.2. The predicted octanol–water partition coefficient (Wildman–Crippen LogP) is 3.12. The summed E-state index contributed by atoms with van der Waals surface area (Å²) in [6, 6.07) is 14.8. The predicted molar refractivity (Wildman–Crippen MR) is 107 cm³/mol. The van der Waals surface area contributed by atoms with Crippen molar-refractivity contribution in [3.05, 3.63) is 59.9 Å². The Labute approximate surface area is 162 Å². The number of amides is 2. The van der Waals surface area contributed by atoms with E-state index in [-0.39, 0.29) is 12.0 Å². The lowest BCUT2D eigenvalue weighted by Crippen LogP contribution is -2.27. The van der Waals surface area contributed by atoms with Gasteiger partial charge in [0.25, 0.3) is 0 Å². The molecule has 7 heteroatoms. The first kappa shape index (κ1) is 18.0. The summed E-state index contributed by atoms with van der Waals surface area (Å²) in [7, 11) is 0. The Balaban J connectivity index is 1.31. The summed E-state index contributed by atoms with van der Waals surface area (Å²) in [4.78, 5) is 30.1. The summed E-state index contributed by atoms with van der Waals surface area (Å²) < 4.78 is 7.54. The van der Waals surface area contributed by atoms with Gasteiger partial charge in [0.1, 0.15) is 5.82 Å². The number of aromatic nitrogens is 2. The molecule has 1 N–H and O–H groups in total. The molecule has 4 rings (SSSR count). The first-order chi connectivity index (χ1) is 13.6. The quantitative estimate of drug-likeness (QED) is 0.528. The third-order valence-electron chi connectivity index (χ3n) is 4.88. The normalized spacial score (nSPS) is 13.8. The zero-order valence-corrected chi connectivity index (χ0v) is 15.7. The number of hydrogen-bond donors (Lipinski definition) is 1. The van der Waals surface area contributed by atoms with Gasteiger partial charge in [0.15, 0.2) is 0 Å². The van der Waals surface area contributed by atoms with Gasteiger partial charge in [-0.3, -0.25) is 4.90 Å². The van der Waals surface area contributed by atoms with Gasteiger partial charge < -0.3 is 14.6 Å². The third kappa shape index (κ3) is 3.55. The highest BCUT2D eigenvalue weighted by Gasteiger charge is 2.21. The molecule has 2 amide bonds. The lowest BCUT2D eigenvalue weighted by Gasteiger charge is -2.14. The van der Waals surface area contributed by atoms with Crippen molar-refractivity contribution in [1.82, 2.24) is 14.9 Å². The second-order valence-corrected chi connectivity index (χ2v) is 6.72. The van der Waals surface area contributed by atoms with E-state index in [1.165, 1.54) is 0 Å². The molecule has 1 aliphatic rings. The van der Waals surface area contributed by atoms with Gasteiger partial charge in [0.2, 0.25) is 0 Å². The van der Waals surface area contributed by atoms with E-state index in [1.54, 1.807) is 29.2 Å². The zero-order chi connectivity index (χ0) is 19.5. The minimum Gasteiger partial charge on any atom is -0.462 e. The average Bonchev–Trinajstić information content (AvgIpc) is 3.28. The van der Waals surface area contributed by atoms with Crippen LogP contribution in [-0.2, 0) is 11.3 Å². The van der Waals surface area contributed by atoms with Crippen LogP contribution in [0.1, 0.15) is 22.6 Å². The molecular formula is C21H22N4O3. The molecule has 1 fully saturated rings. The number of nitrogens with zero attached hydrogens (tertiary/aromatic N) is 3. The number of fused-ring (bicyclic) bond motifs is 1. The van der Waals surface area contributed by atoms with Crippen molar-refractivity contribution in [1.29, 1.82) is 0 Å². The Morgan fingerprint density at radius 1 is 1.18 bits per heavy atom. The summed E-state index contributed by atoms with van der Waals surface area (Å²) in [6.45, 7) is 4.32. The van der Waals surface area contributed by atoms with E-state index in [0.29, 0.717) is 31.7 Å². The first-order valence-electron chi connectivity index (χ1n) is 9.38. The van der Waals surface area contributed by atoms with E-state index in [4.69, 9.17) is 4.74 Å². The fourth-order valence-corrected chi connectivity index (χ4v) is 3.44. The molecule has 144 valence electrons. The molecule has 0 radical (unpaired) electrons. The number of rotatable bonds is 6. The Morgan fingerprint density at radius 2 is 1.96 bits per heavy atom. The van der Waals surface area contributed by atoms with Crippen molar-refractivity contribution in [2.24, 2.45) is 0 Å². The van der Waals surface area contributed by atoms with Gasteiger partial charge in [-0.2, -0.15) is 0 Å². The number of carbonyl (C=O) groups is 2. The van der Waals surface area contributed by atoms with Gasteiger partial charge in [-0.1, -0.05) is 12.1 Å². The highest BCUT2D eigenvalue weighted by molar-refractivity contribution is 5.95. The van der Waals surface area contributed by atoms with Gasteiger partial charge in [-0.15, -0.1) is 0 Å². The smallest absolute Gasteiger partial charge is 0.338 e. The number of anilines is 1. The largest absolute Gasteiger partial charge is 0.462 e. The number of para-hydroxylation sites is 2. The molecule has 0 unspecified atom stereocenters. The van der Waals surface area contributed by atoms with Crippen molar-refractivity contribution < 1.29 is 14.3 Å². The summed E-state index contributed by atoms with van der Waals surface area (Å²) in [5, 5.41) is 2.76. The number of aryl methyl sites for hydroxylation is 2. The minimum absolute atomic E-state index is 0.113. The lowest BCUT2D eigenvalue weighted by molar-refractivity contribution is 0.0496. The van der Waals surface area contributed by atoms with Crippen LogP contribution in [0.5, 0.6) is 0 Å². The maximum atomic E-state index is 12.2. The van der Waals surface area contributed by atoms with Crippen LogP contribution in [0.4, 0.5) is 10.5 Å². The van der Waals surface area contributed by atoms with E-state index in [9.17, 15) is 9.59 Å². The molecule has 0 aliphatic carbocycles. The number of benzene rings is 2. The van der Waals surface area contributed by atoms with Crippen LogP contribution in [0.15, 0.2) is 48.5 Å². The Hall–Kier alpha value is -3.35. The molecule has 0 spiro atoms. The van der Waals surface area contributed by atoms with E-state index < -0.39 is 0 Å². The lowest BCUT2D eigenvalue weighted by atomic mass is 10.2. The molecule has 28 heavy (non-hydrogen) atoms. The van der Waals surface area contributed by atoms with Crippen molar-refractivity contribution >= 4 is 28.7 Å². The third-order valence-corrected chi connectivity index (χ3v) is 4.88. The monoisotopic (exact) mass is 378 g/mol. The number of carbonyl (C=O) groups excluding carboxylic acids is 2. The Kier molecular flexibility index (Phi) is 4.97. The van der Waals surface area contributed by atoms with E-state index in [0.717, 1.165) is 29.1 Å². The molecule has 7 nitrogen and oxygen atoms in total. The van der Waals surface area contributed by atoms with Crippen LogP contribution >= 0.6 is 0 Å². The highest BCUT2D eigenvalue weighted by Crippen LogP contribution is 2.18. The zero-order valence-electron chi connectivity index (χ0n) is 15.7.